The van der Waals surface area contributed by atoms with Crippen LogP contribution in [0.4, 0.5) is 0 Å². The van der Waals surface area contributed by atoms with Crippen LogP contribution < -0.4 is 5.73 Å². The average Bonchev–Trinajstić information content (AvgIpc) is 2.25. The van der Waals surface area contributed by atoms with Crippen molar-refractivity contribution in [1.29, 1.82) is 0 Å². The first kappa shape index (κ1) is 11.7. The molecule has 0 aliphatic rings. The Morgan fingerprint density at radius 1 is 1.40 bits per heavy atom. The molecular weight excluding hydrogens is 194 g/mol. The first-order valence-electron chi connectivity index (χ1n) is 4.69. The molecule has 0 aromatic heterocycles. The average molecular weight is 209 g/mol. The summed E-state index contributed by atoms with van der Waals surface area (Å²) in [6, 6.07) is 9.66. The van der Waals surface area contributed by atoms with Gasteiger partial charge in [0.05, 0.1) is 13.0 Å². The lowest BCUT2D eigenvalue weighted by Gasteiger charge is -2.14. The third-order valence-electron chi connectivity index (χ3n) is 1.91. The Kier molecular flexibility index (Phi) is 4.80. The number of ether oxygens (including phenoxy) is 2. The second kappa shape index (κ2) is 6.16. The van der Waals surface area contributed by atoms with E-state index in [0.29, 0.717) is 6.61 Å². The highest BCUT2D eigenvalue weighted by atomic mass is 16.7. The number of nitrogens with two attached hydrogens (primary N) is 1. The van der Waals surface area contributed by atoms with E-state index in [9.17, 15) is 4.79 Å². The molecule has 4 heteroatoms. The Hall–Kier alpha value is -1.39. The fourth-order valence-corrected chi connectivity index (χ4v) is 1.14. The van der Waals surface area contributed by atoms with Gasteiger partial charge in [-0.1, -0.05) is 30.3 Å². The van der Waals surface area contributed by atoms with Crippen molar-refractivity contribution >= 4 is 5.91 Å². The summed E-state index contributed by atoms with van der Waals surface area (Å²) in [5.74, 6) is -0.435. The van der Waals surface area contributed by atoms with Gasteiger partial charge in [-0.05, 0) is 5.56 Å². The highest BCUT2D eigenvalue weighted by Gasteiger charge is 2.10. The topological polar surface area (TPSA) is 61.5 Å². The van der Waals surface area contributed by atoms with E-state index in [2.05, 4.69) is 0 Å². The second-order valence-corrected chi connectivity index (χ2v) is 3.13. The number of amides is 1. The molecule has 1 atom stereocenters. The monoisotopic (exact) mass is 209 g/mol. The Bertz CT molecular complexity index is 300. The maximum absolute atomic E-state index is 10.6. The maximum atomic E-state index is 10.6. The minimum atomic E-state index is -0.567. The predicted octanol–water partition coefficient (Wildman–Crippen LogP) is 1.05. The fraction of sp³-hybridized carbons (Fsp3) is 0.364. The van der Waals surface area contributed by atoms with Gasteiger partial charge in [-0.25, -0.2) is 0 Å². The van der Waals surface area contributed by atoms with Crippen LogP contribution in [0.25, 0.3) is 0 Å². The van der Waals surface area contributed by atoms with Crippen LogP contribution in [0.3, 0.4) is 0 Å². The molecule has 0 aliphatic heterocycles. The number of primary amides is 1. The first-order valence-corrected chi connectivity index (χ1v) is 4.69. The zero-order valence-electron chi connectivity index (χ0n) is 8.68. The zero-order chi connectivity index (χ0) is 11.1. The second-order valence-electron chi connectivity index (χ2n) is 3.13. The SMILES string of the molecule is COC(CC(N)=O)OCc1ccccc1. The molecule has 1 aromatic carbocycles. The summed E-state index contributed by atoms with van der Waals surface area (Å²) in [6.45, 7) is 0.409. The minimum absolute atomic E-state index is 0.0728. The summed E-state index contributed by atoms with van der Waals surface area (Å²) in [4.78, 5) is 10.6. The Balaban J connectivity index is 2.37. The van der Waals surface area contributed by atoms with Crippen LogP contribution in [0.2, 0.25) is 0 Å². The number of rotatable bonds is 6. The molecule has 1 unspecified atom stereocenters. The van der Waals surface area contributed by atoms with Crippen LogP contribution in [0.5, 0.6) is 0 Å². The lowest BCUT2D eigenvalue weighted by atomic mass is 10.2. The largest absolute Gasteiger partial charge is 0.370 e. The molecular formula is C11H15NO3. The van der Waals surface area contributed by atoms with E-state index < -0.39 is 12.2 Å². The molecule has 0 bridgehead atoms. The minimum Gasteiger partial charge on any atom is -0.370 e. The van der Waals surface area contributed by atoms with Crippen molar-refractivity contribution in [2.45, 2.75) is 19.3 Å². The van der Waals surface area contributed by atoms with Crippen molar-refractivity contribution in [3.8, 4) is 0 Å². The lowest BCUT2D eigenvalue weighted by molar-refractivity contribution is -0.149. The van der Waals surface area contributed by atoms with Crippen LogP contribution in [0.15, 0.2) is 30.3 Å². The van der Waals surface area contributed by atoms with Gasteiger partial charge < -0.3 is 15.2 Å². The highest BCUT2D eigenvalue weighted by Crippen LogP contribution is 2.06. The van der Waals surface area contributed by atoms with Gasteiger partial charge >= 0.3 is 0 Å². The van der Waals surface area contributed by atoms with Gasteiger partial charge in [-0.2, -0.15) is 0 Å². The van der Waals surface area contributed by atoms with E-state index >= 15 is 0 Å². The van der Waals surface area contributed by atoms with E-state index in [4.69, 9.17) is 15.2 Å². The quantitative estimate of drug-likeness (QED) is 0.712. The van der Waals surface area contributed by atoms with E-state index in [1.165, 1.54) is 7.11 Å². The van der Waals surface area contributed by atoms with Gasteiger partial charge in [-0.3, -0.25) is 4.79 Å². The molecule has 0 radical (unpaired) electrons. The van der Waals surface area contributed by atoms with Crippen molar-refractivity contribution < 1.29 is 14.3 Å². The summed E-state index contributed by atoms with van der Waals surface area (Å²) in [5, 5.41) is 0. The molecule has 1 aromatic rings. The zero-order valence-corrected chi connectivity index (χ0v) is 8.68. The van der Waals surface area contributed by atoms with Gasteiger partial charge in [0, 0.05) is 7.11 Å². The van der Waals surface area contributed by atoms with Crippen molar-refractivity contribution in [3.63, 3.8) is 0 Å². The van der Waals surface area contributed by atoms with Crippen LogP contribution in [0, 0.1) is 0 Å². The fourth-order valence-electron chi connectivity index (χ4n) is 1.14. The third kappa shape index (κ3) is 4.58. The lowest BCUT2D eigenvalue weighted by Crippen LogP contribution is -2.24. The van der Waals surface area contributed by atoms with Crippen LogP contribution >= 0.6 is 0 Å². The molecule has 1 rings (SSSR count). The molecule has 0 saturated heterocycles. The number of methoxy groups -OCH3 is 1. The molecule has 15 heavy (non-hydrogen) atoms. The number of hydrogen-bond donors (Lipinski definition) is 1. The normalized spacial score (nSPS) is 12.3. The van der Waals surface area contributed by atoms with E-state index in [0.717, 1.165) is 5.56 Å². The van der Waals surface area contributed by atoms with Gasteiger partial charge in [0.25, 0.3) is 0 Å². The van der Waals surface area contributed by atoms with Crippen molar-refractivity contribution in [2.24, 2.45) is 5.73 Å². The first-order chi connectivity index (χ1) is 7.22. The maximum Gasteiger partial charge on any atom is 0.222 e. The number of carbonyl (C=O) groups is 1. The van der Waals surface area contributed by atoms with E-state index in [1.54, 1.807) is 0 Å². The highest BCUT2D eigenvalue weighted by molar-refractivity contribution is 5.74. The summed E-state index contributed by atoms with van der Waals surface area (Å²) in [5.41, 5.74) is 6.07. The van der Waals surface area contributed by atoms with Gasteiger partial charge in [0.1, 0.15) is 0 Å². The molecule has 0 spiro atoms. The van der Waals surface area contributed by atoms with Crippen LogP contribution in [0.1, 0.15) is 12.0 Å². The van der Waals surface area contributed by atoms with Gasteiger partial charge in [0.2, 0.25) is 5.91 Å². The Labute approximate surface area is 89.0 Å². The van der Waals surface area contributed by atoms with Gasteiger partial charge in [0.15, 0.2) is 6.29 Å². The molecule has 0 aliphatic carbocycles. The van der Waals surface area contributed by atoms with Crippen molar-refractivity contribution in [2.75, 3.05) is 7.11 Å². The predicted molar refractivity (Wildman–Crippen MR) is 55.8 cm³/mol. The molecule has 0 fully saturated rings. The van der Waals surface area contributed by atoms with E-state index in [1.807, 2.05) is 30.3 Å². The number of benzene rings is 1. The third-order valence-corrected chi connectivity index (χ3v) is 1.91. The Morgan fingerprint density at radius 2 is 2.07 bits per heavy atom. The standard InChI is InChI=1S/C11H15NO3/c1-14-11(7-10(12)13)15-8-9-5-3-2-4-6-9/h2-6,11H,7-8H2,1H3,(H2,12,13). The number of carbonyl (C=O) groups excluding carboxylic acids is 1. The summed E-state index contributed by atoms with van der Waals surface area (Å²) < 4.78 is 10.3. The molecule has 0 saturated carbocycles. The van der Waals surface area contributed by atoms with Crippen LogP contribution in [-0.4, -0.2) is 19.3 Å². The number of hydrogen-bond acceptors (Lipinski definition) is 3. The summed E-state index contributed by atoms with van der Waals surface area (Å²) in [7, 11) is 1.48. The summed E-state index contributed by atoms with van der Waals surface area (Å²) in [6.07, 6.45) is -0.494. The van der Waals surface area contributed by atoms with Crippen molar-refractivity contribution in [1.82, 2.24) is 0 Å². The molecule has 82 valence electrons. The molecule has 2 N–H and O–H groups in total. The molecule has 1 amide bonds. The Morgan fingerprint density at radius 3 is 2.60 bits per heavy atom. The van der Waals surface area contributed by atoms with Crippen molar-refractivity contribution in [3.05, 3.63) is 35.9 Å². The van der Waals surface area contributed by atoms with Gasteiger partial charge in [-0.15, -0.1) is 0 Å². The molecule has 4 nitrogen and oxygen atoms in total. The van der Waals surface area contributed by atoms with Crippen LogP contribution in [-0.2, 0) is 20.9 Å². The smallest absolute Gasteiger partial charge is 0.222 e. The van der Waals surface area contributed by atoms with E-state index in [-0.39, 0.29) is 6.42 Å². The molecule has 0 heterocycles. The summed E-state index contributed by atoms with van der Waals surface area (Å²) >= 11 is 0.